The molecule has 5 nitrogen and oxygen atoms in total. The second-order valence-electron chi connectivity index (χ2n) is 6.20. The molecular formula is C21H17BrN4OS. The first-order chi connectivity index (χ1) is 13.7. The maximum atomic E-state index is 12.5. The SMILES string of the molecule is O=C(Cc1csc(-c2ccccc2)n1)Nc1ccnn1Cc1ccccc1Br. The highest BCUT2D eigenvalue weighted by Crippen LogP contribution is 2.24. The van der Waals surface area contributed by atoms with Crippen molar-refractivity contribution in [1.82, 2.24) is 14.8 Å². The first-order valence-corrected chi connectivity index (χ1v) is 10.4. The molecule has 4 rings (SSSR count). The number of carbonyl (C=O) groups excluding carboxylic acids is 1. The monoisotopic (exact) mass is 452 g/mol. The second kappa shape index (κ2) is 8.50. The third-order valence-electron chi connectivity index (χ3n) is 4.18. The van der Waals surface area contributed by atoms with Crippen LogP contribution in [0.2, 0.25) is 0 Å². The molecule has 0 radical (unpaired) electrons. The molecule has 2 aromatic carbocycles. The average Bonchev–Trinajstić information content (AvgIpc) is 3.34. The van der Waals surface area contributed by atoms with Crippen molar-refractivity contribution in [2.45, 2.75) is 13.0 Å². The lowest BCUT2D eigenvalue weighted by atomic mass is 10.2. The van der Waals surface area contributed by atoms with Gasteiger partial charge in [-0.25, -0.2) is 9.67 Å². The standard InChI is InChI=1S/C21H17BrN4OS/c22-18-9-5-4-8-16(18)13-26-19(10-11-23-26)25-20(27)12-17-14-28-21(24-17)15-6-2-1-3-7-15/h1-11,14H,12-13H2,(H,25,27). The number of nitrogens with zero attached hydrogens (tertiary/aromatic N) is 3. The Hall–Kier alpha value is -2.77. The topological polar surface area (TPSA) is 59.8 Å². The minimum absolute atomic E-state index is 0.112. The van der Waals surface area contributed by atoms with E-state index in [1.807, 2.05) is 60.0 Å². The molecule has 4 aromatic rings. The number of thiazole rings is 1. The van der Waals surface area contributed by atoms with Gasteiger partial charge >= 0.3 is 0 Å². The Morgan fingerprint density at radius 2 is 1.86 bits per heavy atom. The summed E-state index contributed by atoms with van der Waals surface area (Å²) in [5.41, 5.74) is 2.91. The number of hydrogen-bond donors (Lipinski definition) is 1. The number of halogens is 1. The summed E-state index contributed by atoms with van der Waals surface area (Å²) < 4.78 is 2.78. The van der Waals surface area contributed by atoms with Crippen LogP contribution in [0.15, 0.2) is 76.7 Å². The van der Waals surface area contributed by atoms with Gasteiger partial charge in [-0.05, 0) is 11.6 Å². The van der Waals surface area contributed by atoms with E-state index in [9.17, 15) is 4.79 Å². The number of carbonyl (C=O) groups is 1. The molecule has 0 aliphatic carbocycles. The Morgan fingerprint density at radius 1 is 1.07 bits per heavy atom. The minimum atomic E-state index is -0.112. The van der Waals surface area contributed by atoms with E-state index in [2.05, 4.69) is 31.3 Å². The summed E-state index contributed by atoms with van der Waals surface area (Å²) in [4.78, 5) is 17.1. The van der Waals surface area contributed by atoms with Gasteiger partial charge in [-0.3, -0.25) is 4.79 Å². The van der Waals surface area contributed by atoms with Gasteiger partial charge in [0.1, 0.15) is 10.8 Å². The lowest BCUT2D eigenvalue weighted by molar-refractivity contribution is -0.115. The van der Waals surface area contributed by atoms with Crippen molar-refractivity contribution >= 4 is 39.0 Å². The van der Waals surface area contributed by atoms with Gasteiger partial charge in [0.05, 0.1) is 24.9 Å². The molecule has 0 atom stereocenters. The van der Waals surface area contributed by atoms with E-state index in [1.165, 1.54) is 0 Å². The molecular weight excluding hydrogens is 436 g/mol. The van der Waals surface area contributed by atoms with Crippen molar-refractivity contribution < 1.29 is 4.79 Å². The molecule has 0 fully saturated rings. The highest BCUT2D eigenvalue weighted by Gasteiger charge is 2.12. The van der Waals surface area contributed by atoms with Crippen molar-refractivity contribution in [3.63, 3.8) is 0 Å². The van der Waals surface area contributed by atoms with Gasteiger partial charge in [0.15, 0.2) is 0 Å². The molecule has 0 saturated heterocycles. The summed E-state index contributed by atoms with van der Waals surface area (Å²) in [7, 11) is 0. The molecule has 0 unspecified atom stereocenters. The Kier molecular flexibility index (Phi) is 5.64. The van der Waals surface area contributed by atoms with Gasteiger partial charge in [0.2, 0.25) is 5.91 Å². The molecule has 28 heavy (non-hydrogen) atoms. The zero-order valence-electron chi connectivity index (χ0n) is 14.9. The maximum absolute atomic E-state index is 12.5. The molecule has 1 N–H and O–H groups in total. The predicted molar refractivity (Wildman–Crippen MR) is 115 cm³/mol. The van der Waals surface area contributed by atoms with Crippen LogP contribution in [0.1, 0.15) is 11.3 Å². The van der Waals surface area contributed by atoms with Gasteiger partial charge < -0.3 is 5.32 Å². The largest absolute Gasteiger partial charge is 0.311 e. The Balaban J connectivity index is 1.42. The summed E-state index contributed by atoms with van der Waals surface area (Å²) in [5, 5.41) is 10.1. The van der Waals surface area contributed by atoms with E-state index in [0.29, 0.717) is 12.4 Å². The molecule has 0 saturated carbocycles. The van der Waals surface area contributed by atoms with Crippen LogP contribution in [-0.2, 0) is 17.8 Å². The number of nitrogens with one attached hydrogen (secondary N) is 1. The van der Waals surface area contributed by atoms with Crippen LogP contribution >= 0.6 is 27.3 Å². The van der Waals surface area contributed by atoms with Gasteiger partial charge in [-0.15, -0.1) is 11.3 Å². The van der Waals surface area contributed by atoms with E-state index >= 15 is 0 Å². The van der Waals surface area contributed by atoms with Crippen LogP contribution in [0.25, 0.3) is 10.6 Å². The molecule has 140 valence electrons. The van der Waals surface area contributed by atoms with Crippen molar-refractivity contribution in [3.05, 3.63) is 88.0 Å². The number of aromatic nitrogens is 3. The van der Waals surface area contributed by atoms with Crippen LogP contribution < -0.4 is 5.32 Å². The summed E-state index contributed by atoms with van der Waals surface area (Å²) in [6.45, 7) is 0.568. The lowest BCUT2D eigenvalue weighted by Gasteiger charge is -2.10. The van der Waals surface area contributed by atoms with Gasteiger partial charge in [0.25, 0.3) is 0 Å². The summed E-state index contributed by atoms with van der Waals surface area (Å²) in [6.07, 6.45) is 1.91. The molecule has 2 aromatic heterocycles. The Morgan fingerprint density at radius 3 is 2.68 bits per heavy atom. The van der Waals surface area contributed by atoms with Crippen LogP contribution in [-0.4, -0.2) is 20.7 Å². The zero-order chi connectivity index (χ0) is 19.3. The van der Waals surface area contributed by atoms with Crippen LogP contribution in [0, 0.1) is 0 Å². The van der Waals surface area contributed by atoms with E-state index in [0.717, 1.165) is 26.3 Å². The second-order valence-corrected chi connectivity index (χ2v) is 7.91. The highest BCUT2D eigenvalue weighted by atomic mass is 79.9. The fourth-order valence-electron chi connectivity index (χ4n) is 2.81. The fraction of sp³-hybridized carbons (Fsp3) is 0.0952. The molecule has 2 heterocycles. The van der Waals surface area contributed by atoms with Crippen LogP contribution in [0.3, 0.4) is 0 Å². The van der Waals surface area contributed by atoms with Crippen molar-refractivity contribution in [2.75, 3.05) is 5.32 Å². The fourth-order valence-corrected chi connectivity index (χ4v) is 4.04. The maximum Gasteiger partial charge on any atom is 0.231 e. The summed E-state index contributed by atoms with van der Waals surface area (Å²) in [5.74, 6) is 0.554. The molecule has 1 amide bonds. The Labute approximate surface area is 175 Å². The van der Waals surface area contributed by atoms with Crippen LogP contribution in [0.4, 0.5) is 5.82 Å². The zero-order valence-corrected chi connectivity index (χ0v) is 17.3. The van der Waals surface area contributed by atoms with E-state index in [-0.39, 0.29) is 12.3 Å². The molecule has 0 spiro atoms. The van der Waals surface area contributed by atoms with Crippen molar-refractivity contribution in [3.8, 4) is 10.6 Å². The molecule has 0 aliphatic rings. The predicted octanol–water partition coefficient (Wildman–Crippen LogP) is 5.00. The van der Waals surface area contributed by atoms with Crippen molar-refractivity contribution in [1.29, 1.82) is 0 Å². The third kappa shape index (κ3) is 4.37. The van der Waals surface area contributed by atoms with Gasteiger partial charge in [0, 0.05) is 21.5 Å². The quantitative estimate of drug-likeness (QED) is 0.447. The summed E-state index contributed by atoms with van der Waals surface area (Å²) in [6, 6.07) is 19.7. The van der Waals surface area contributed by atoms with Gasteiger partial charge in [-0.1, -0.05) is 64.5 Å². The minimum Gasteiger partial charge on any atom is -0.311 e. The highest BCUT2D eigenvalue weighted by molar-refractivity contribution is 9.10. The average molecular weight is 453 g/mol. The number of amides is 1. The van der Waals surface area contributed by atoms with Crippen LogP contribution in [0.5, 0.6) is 0 Å². The molecule has 0 bridgehead atoms. The number of rotatable bonds is 6. The number of anilines is 1. The smallest absolute Gasteiger partial charge is 0.231 e. The van der Waals surface area contributed by atoms with E-state index in [4.69, 9.17) is 0 Å². The first kappa shape index (κ1) is 18.6. The van der Waals surface area contributed by atoms with E-state index < -0.39 is 0 Å². The Bertz CT molecular complexity index is 1090. The normalized spacial score (nSPS) is 10.8. The lowest BCUT2D eigenvalue weighted by Crippen LogP contribution is -2.18. The van der Waals surface area contributed by atoms with E-state index in [1.54, 1.807) is 28.3 Å². The van der Waals surface area contributed by atoms with Crippen molar-refractivity contribution in [2.24, 2.45) is 0 Å². The molecule has 0 aliphatic heterocycles. The number of hydrogen-bond acceptors (Lipinski definition) is 4. The third-order valence-corrected chi connectivity index (χ3v) is 5.89. The number of benzene rings is 2. The first-order valence-electron chi connectivity index (χ1n) is 8.74. The molecule has 7 heteroatoms. The summed E-state index contributed by atoms with van der Waals surface area (Å²) >= 11 is 5.09. The van der Waals surface area contributed by atoms with Gasteiger partial charge in [-0.2, -0.15) is 5.10 Å².